The number of halogens is 2. The van der Waals surface area contributed by atoms with Gasteiger partial charge in [-0.05, 0) is 18.2 Å². The van der Waals surface area contributed by atoms with Gasteiger partial charge < -0.3 is 4.90 Å². The summed E-state index contributed by atoms with van der Waals surface area (Å²) in [5, 5.41) is 0. The van der Waals surface area contributed by atoms with Crippen molar-refractivity contribution in [1.82, 2.24) is 4.98 Å². The van der Waals surface area contributed by atoms with Crippen molar-refractivity contribution >= 4 is 28.6 Å². The molecule has 0 saturated heterocycles. The standard InChI is InChI=1S/C11H10ClFN2S/c1-15(7-10-6-14-11(12)16-10)9-4-2-3-8(13)5-9/h2-6H,7H2,1H3. The van der Waals surface area contributed by atoms with Gasteiger partial charge in [-0.1, -0.05) is 17.7 Å². The number of nitrogens with zero attached hydrogens (tertiary/aromatic N) is 2. The van der Waals surface area contributed by atoms with E-state index in [-0.39, 0.29) is 5.82 Å². The van der Waals surface area contributed by atoms with E-state index in [1.54, 1.807) is 12.3 Å². The molecule has 0 amide bonds. The largest absolute Gasteiger partial charge is 0.369 e. The molecule has 5 heteroatoms. The van der Waals surface area contributed by atoms with Gasteiger partial charge in [0.1, 0.15) is 5.82 Å². The molecule has 2 nitrogen and oxygen atoms in total. The number of benzene rings is 1. The highest BCUT2D eigenvalue weighted by atomic mass is 35.5. The minimum absolute atomic E-state index is 0.230. The van der Waals surface area contributed by atoms with E-state index in [1.807, 2.05) is 18.0 Å². The van der Waals surface area contributed by atoms with E-state index in [0.29, 0.717) is 11.0 Å². The Bertz CT molecular complexity index is 486. The third kappa shape index (κ3) is 2.71. The molecule has 2 rings (SSSR count). The molecular formula is C11H10ClFN2S. The SMILES string of the molecule is CN(Cc1cnc(Cl)s1)c1cccc(F)c1. The smallest absolute Gasteiger partial charge is 0.183 e. The van der Waals surface area contributed by atoms with Crippen molar-refractivity contribution < 1.29 is 4.39 Å². The lowest BCUT2D eigenvalue weighted by atomic mass is 10.3. The zero-order valence-electron chi connectivity index (χ0n) is 8.65. The summed E-state index contributed by atoms with van der Waals surface area (Å²) in [6, 6.07) is 6.50. The minimum atomic E-state index is -0.230. The van der Waals surface area contributed by atoms with Crippen LogP contribution in [0.2, 0.25) is 4.47 Å². The Morgan fingerprint density at radius 2 is 2.31 bits per heavy atom. The van der Waals surface area contributed by atoms with Crippen LogP contribution in [0.15, 0.2) is 30.5 Å². The molecule has 1 aromatic carbocycles. The molecule has 0 atom stereocenters. The topological polar surface area (TPSA) is 16.1 Å². The first-order valence-corrected chi connectivity index (χ1v) is 5.91. The van der Waals surface area contributed by atoms with Gasteiger partial charge in [0, 0.05) is 23.8 Å². The normalized spacial score (nSPS) is 10.4. The summed E-state index contributed by atoms with van der Waals surface area (Å²) in [4.78, 5) is 6.97. The van der Waals surface area contributed by atoms with Crippen molar-refractivity contribution in [2.45, 2.75) is 6.54 Å². The summed E-state index contributed by atoms with van der Waals surface area (Å²) in [6.07, 6.45) is 1.74. The third-order valence-electron chi connectivity index (χ3n) is 2.17. The van der Waals surface area contributed by atoms with Crippen molar-refractivity contribution in [3.05, 3.63) is 45.6 Å². The number of hydrogen-bond donors (Lipinski definition) is 0. The molecule has 2 aromatic rings. The molecule has 0 fully saturated rings. The van der Waals surface area contributed by atoms with Gasteiger partial charge in [0.15, 0.2) is 4.47 Å². The molecule has 1 heterocycles. The fourth-order valence-electron chi connectivity index (χ4n) is 1.40. The Kier molecular flexibility index (Phi) is 3.41. The van der Waals surface area contributed by atoms with E-state index < -0.39 is 0 Å². The number of rotatable bonds is 3. The second kappa shape index (κ2) is 4.80. The first kappa shape index (κ1) is 11.4. The predicted octanol–water partition coefficient (Wildman–Crippen LogP) is 3.57. The molecular weight excluding hydrogens is 247 g/mol. The van der Waals surface area contributed by atoms with Gasteiger partial charge >= 0.3 is 0 Å². The van der Waals surface area contributed by atoms with Crippen LogP contribution in [-0.4, -0.2) is 12.0 Å². The van der Waals surface area contributed by atoms with E-state index in [4.69, 9.17) is 11.6 Å². The quantitative estimate of drug-likeness (QED) is 0.835. The second-order valence-corrected chi connectivity index (χ2v) is 5.11. The summed E-state index contributed by atoms with van der Waals surface area (Å²) in [7, 11) is 1.91. The highest BCUT2D eigenvalue weighted by Crippen LogP contribution is 2.22. The monoisotopic (exact) mass is 256 g/mol. The zero-order valence-corrected chi connectivity index (χ0v) is 10.2. The lowest BCUT2D eigenvalue weighted by molar-refractivity contribution is 0.627. The summed E-state index contributed by atoms with van der Waals surface area (Å²) in [6.45, 7) is 0.674. The molecule has 16 heavy (non-hydrogen) atoms. The second-order valence-electron chi connectivity index (χ2n) is 3.42. The van der Waals surface area contributed by atoms with E-state index >= 15 is 0 Å². The number of aromatic nitrogens is 1. The van der Waals surface area contributed by atoms with Crippen molar-refractivity contribution in [2.75, 3.05) is 11.9 Å². The number of thiazole rings is 1. The first-order chi connectivity index (χ1) is 7.65. The maximum Gasteiger partial charge on any atom is 0.183 e. The van der Waals surface area contributed by atoms with Gasteiger partial charge in [-0.3, -0.25) is 0 Å². The van der Waals surface area contributed by atoms with E-state index in [1.165, 1.54) is 23.5 Å². The highest BCUT2D eigenvalue weighted by Gasteiger charge is 2.05. The molecule has 1 aromatic heterocycles. The third-order valence-corrected chi connectivity index (χ3v) is 3.27. The van der Waals surface area contributed by atoms with E-state index in [0.717, 1.165) is 10.6 Å². The molecule has 0 bridgehead atoms. The fraction of sp³-hybridized carbons (Fsp3) is 0.182. The molecule has 0 radical (unpaired) electrons. The minimum Gasteiger partial charge on any atom is -0.369 e. The van der Waals surface area contributed by atoms with Crippen LogP contribution in [0, 0.1) is 5.82 Å². The lowest BCUT2D eigenvalue weighted by Crippen LogP contribution is -2.15. The van der Waals surface area contributed by atoms with Crippen LogP contribution < -0.4 is 4.90 Å². The first-order valence-electron chi connectivity index (χ1n) is 4.72. The van der Waals surface area contributed by atoms with Gasteiger partial charge in [-0.25, -0.2) is 9.37 Å². The number of hydrogen-bond acceptors (Lipinski definition) is 3. The van der Waals surface area contributed by atoms with Crippen LogP contribution >= 0.6 is 22.9 Å². The van der Waals surface area contributed by atoms with Crippen molar-refractivity contribution in [3.63, 3.8) is 0 Å². The molecule has 0 saturated carbocycles. The highest BCUT2D eigenvalue weighted by molar-refractivity contribution is 7.15. The lowest BCUT2D eigenvalue weighted by Gasteiger charge is -2.17. The molecule has 84 valence electrons. The Morgan fingerprint density at radius 1 is 1.50 bits per heavy atom. The molecule has 0 aliphatic carbocycles. The van der Waals surface area contributed by atoms with Crippen LogP contribution in [0.1, 0.15) is 4.88 Å². The van der Waals surface area contributed by atoms with Crippen molar-refractivity contribution in [1.29, 1.82) is 0 Å². The Hall–Kier alpha value is -1.13. The fourth-order valence-corrected chi connectivity index (χ4v) is 2.43. The Morgan fingerprint density at radius 3 is 2.94 bits per heavy atom. The van der Waals surface area contributed by atoms with Gasteiger partial charge in [-0.2, -0.15) is 0 Å². The molecule has 0 spiro atoms. The Balaban J connectivity index is 2.11. The van der Waals surface area contributed by atoms with Crippen molar-refractivity contribution in [2.24, 2.45) is 0 Å². The van der Waals surface area contributed by atoms with Crippen LogP contribution in [0.3, 0.4) is 0 Å². The average molecular weight is 257 g/mol. The van der Waals surface area contributed by atoms with Gasteiger partial charge in [0.05, 0.1) is 6.54 Å². The van der Waals surface area contributed by atoms with Crippen molar-refractivity contribution in [3.8, 4) is 0 Å². The summed E-state index contributed by atoms with van der Waals surface area (Å²) in [5.74, 6) is -0.230. The van der Waals surface area contributed by atoms with Gasteiger partial charge in [0.25, 0.3) is 0 Å². The molecule has 0 N–H and O–H groups in total. The summed E-state index contributed by atoms with van der Waals surface area (Å²) < 4.78 is 13.5. The number of anilines is 1. The molecule has 0 aliphatic rings. The summed E-state index contributed by atoms with van der Waals surface area (Å²) >= 11 is 7.18. The molecule has 0 aliphatic heterocycles. The maximum absolute atomic E-state index is 13.0. The van der Waals surface area contributed by atoms with E-state index in [2.05, 4.69) is 4.98 Å². The van der Waals surface area contributed by atoms with Gasteiger partial charge in [-0.15, -0.1) is 11.3 Å². The van der Waals surface area contributed by atoms with Crippen LogP contribution in [0.5, 0.6) is 0 Å². The van der Waals surface area contributed by atoms with Crippen LogP contribution in [0.4, 0.5) is 10.1 Å². The summed E-state index contributed by atoms with van der Waals surface area (Å²) in [5.41, 5.74) is 0.838. The van der Waals surface area contributed by atoms with Gasteiger partial charge in [0.2, 0.25) is 0 Å². The zero-order chi connectivity index (χ0) is 11.5. The average Bonchev–Trinajstić information content (AvgIpc) is 2.64. The molecule has 0 unspecified atom stereocenters. The maximum atomic E-state index is 13.0. The van der Waals surface area contributed by atoms with Crippen LogP contribution in [0.25, 0.3) is 0 Å². The van der Waals surface area contributed by atoms with Crippen LogP contribution in [-0.2, 0) is 6.54 Å². The Labute approximate surface area is 102 Å². The predicted molar refractivity (Wildman–Crippen MR) is 65.6 cm³/mol. The van der Waals surface area contributed by atoms with E-state index in [9.17, 15) is 4.39 Å².